The minimum absolute atomic E-state index is 0.0655. The van der Waals surface area contributed by atoms with Crippen LogP contribution < -0.4 is 10.1 Å². The number of carbonyl (C=O) groups is 2. The van der Waals surface area contributed by atoms with Crippen LogP contribution in [0.2, 0.25) is 0 Å². The molecular weight excluding hydrogens is 344 g/mol. The Morgan fingerprint density at radius 2 is 2.00 bits per heavy atom. The van der Waals surface area contributed by atoms with Crippen LogP contribution in [0.15, 0.2) is 18.2 Å². The number of aliphatic carboxylic acids is 1. The third-order valence-corrected chi connectivity index (χ3v) is 3.11. The van der Waals surface area contributed by atoms with Gasteiger partial charge in [0.1, 0.15) is 11.6 Å². The quantitative estimate of drug-likeness (QED) is 0.533. The molecule has 0 aromatic heterocycles. The molecule has 2 N–H and O–H groups in total. The lowest BCUT2D eigenvalue weighted by Crippen LogP contribution is -2.44. The average Bonchev–Trinajstić information content (AvgIpc) is 2.50. The van der Waals surface area contributed by atoms with E-state index in [1.165, 1.54) is 18.2 Å². The highest BCUT2D eigenvalue weighted by Crippen LogP contribution is 2.28. The minimum atomic E-state index is -1.25. The van der Waals surface area contributed by atoms with E-state index in [4.69, 9.17) is 9.47 Å². The van der Waals surface area contributed by atoms with Crippen molar-refractivity contribution in [2.75, 3.05) is 6.61 Å². The maximum atomic E-state index is 11.8. The maximum absolute atomic E-state index is 11.8. The van der Waals surface area contributed by atoms with E-state index >= 15 is 0 Å². The fourth-order valence-corrected chi connectivity index (χ4v) is 2.05. The number of ether oxygens (including phenoxy) is 2. The van der Waals surface area contributed by atoms with Gasteiger partial charge in [0.15, 0.2) is 5.75 Å². The highest BCUT2D eigenvalue weighted by molar-refractivity contribution is 5.80. The van der Waals surface area contributed by atoms with E-state index in [0.29, 0.717) is 18.6 Å². The van der Waals surface area contributed by atoms with Crippen molar-refractivity contribution in [2.45, 2.75) is 52.2 Å². The molecule has 0 heterocycles. The highest BCUT2D eigenvalue weighted by atomic mass is 16.6. The number of rotatable bonds is 8. The number of amides is 1. The van der Waals surface area contributed by atoms with Gasteiger partial charge in [0.2, 0.25) is 0 Å². The molecule has 0 aliphatic heterocycles. The molecule has 0 fully saturated rings. The molecule has 9 heteroatoms. The molecule has 1 amide bonds. The zero-order valence-electron chi connectivity index (χ0n) is 15.3. The predicted molar refractivity (Wildman–Crippen MR) is 93.4 cm³/mol. The van der Waals surface area contributed by atoms with Gasteiger partial charge in [-0.1, -0.05) is 13.0 Å². The van der Waals surface area contributed by atoms with E-state index in [2.05, 4.69) is 5.32 Å². The van der Waals surface area contributed by atoms with Crippen molar-refractivity contribution < 1.29 is 29.1 Å². The summed E-state index contributed by atoms with van der Waals surface area (Å²) in [5.41, 5.74) is -0.485. The van der Waals surface area contributed by atoms with Crippen LogP contribution in [-0.2, 0) is 16.0 Å². The van der Waals surface area contributed by atoms with E-state index < -0.39 is 28.6 Å². The molecule has 9 nitrogen and oxygen atoms in total. The number of nitrogens with zero attached hydrogens (tertiary/aromatic N) is 1. The van der Waals surface area contributed by atoms with Gasteiger partial charge in [0.05, 0.1) is 11.5 Å². The zero-order valence-corrected chi connectivity index (χ0v) is 15.3. The number of hydrogen-bond acceptors (Lipinski definition) is 6. The third kappa shape index (κ3) is 6.96. The molecule has 0 aliphatic rings. The molecule has 1 unspecified atom stereocenters. The summed E-state index contributed by atoms with van der Waals surface area (Å²) in [6.45, 7) is 7.14. The summed E-state index contributed by atoms with van der Waals surface area (Å²) in [6, 6.07) is 2.86. The molecule has 144 valence electrons. The van der Waals surface area contributed by atoms with Crippen LogP contribution >= 0.6 is 0 Å². The molecule has 1 rings (SSSR count). The molecule has 0 saturated carbocycles. The number of alkyl carbamates (subject to hydrolysis) is 1. The third-order valence-electron chi connectivity index (χ3n) is 3.11. The summed E-state index contributed by atoms with van der Waals surface area (Å²) in [5, 5.41) is 22.7. The standard InChI is InChI=1S/C17H24N2O7/c1-5-8-25-14-10-11(6-7-13(14)19(23)24)9-12(15(20)21)18-16(22)26-17(2,3)4/h6-7,10,12H,5,8-9H2,1-4H3,(H,18,22)(H,20,21). The summed E-state index contributed by atoms with van der Waals surface area (Å²) in [5.74, 6) is -1.18. The van der Waals surface area contributed by atoms with Crippen molar-refractivity contribution in [3.63, 3.8) is 0 Å². The van der Waals surface area contributed by atoms with Crippen LogP contribution in [0.5, 0.6) is 5.75 Å². The Morgan fingerprint density at radius 3 is 2.50 bits per heavy atom. The van der Waals surface area contributed by atoms with Crippen molar-refractivity contribution in [3.8, 4) is 5.75 Å². The zero-order chi connectivity index (χ0) is 19.9. The number of hydrogen-bond donors (Lipinski definition) is 2. The summed E-state index contributed by atoms with van der Waals surface area (Å²) < 4.78 is 10.4. The highest BCUT2D eigenvalue weighted by Gasteiger charge is 2.25. The molecular formula is C17H24N2O7. The Morgan fingerprint density at radius 1 is 1.35 bits per heavy atom. The van der Waals surface area contributed by atoms with E-state index in [9.17, 15) is 24.8 Å². The van der Waals surface area contributed by atoms with Gasteiger partial charge in [-0.3, -0.25) is 10.1 Å². The fourth-order valence-electron chi connectivity index (χ4n) is 2.05. The predicted octanol–water partition coefficient (Wildman–Crippen LogP) is 2.90. The van der Waals surface area contributed by atoms with Crippen LogP contribution in [-0.4, -0.2) is 40.3 Å². The first-order valence-corrected chi connectivity index (χ1v) is 8.16. The average molecular weight is 368 g/mol. The van der Waals surface area contributed by atoms with Gasteiger partial charge in [-0.25, -0.2) is 9.59 Å². The van der Waals surface area contributed by atoms with Gasteiger partial charge in [-0.15, -0.1) is 0 Å². The number of carboxylic acids is 1. The Bertz CT molecular complexity index is 668. The molecule has 0 bridgehead atoms. The number of benzene rings is 1. The van der Waals surface area contributed by atoms with Crippen molar-refractivity contribution in [1.29, 1.82) is 0 Å². The summed E-state index contributed by atoms with van der Waals surface area (Å²) in [4.78, 5) is 33.7. The number of carboxylic acid groups (broad SMARTS) is 1. The number of nitro benzene ring substituents is 1. The lowest BCUT2D eigenvalue weighted by molar-refractivity contribution is -0.385. The van der Waals surface area contributed by atoms with Gasteiger partial charge in [0.25, 0.3) is 0 Å². The Labute approximate surface area is 151 Å². The number of carbonyl (C=O) groups excluding carboxylic acids is 1. The van der Waals surface area contributed by atoms with Crippen molar-refractivity contribution in [1.82, 2.24) is 5.32 Å². The summed E-state index contributed by atoms with van der Waals surface area (Å²) >= 11 is 0. The van der Waals surface area contributed by atoms with E-state index in [-0.39, 0.29) is 17.9 Å². The van der Waals surface area contributed by atoms with Crippen LogP contribution in [0.1, 0.15) is 39.7 Å². The fraction of sp³-hybridized carbons (Fsp3) is 0.529. The Hall–Kier alpha value is -2.84. The second-order valence-electron chi connectivity index (χ2n) is 6.65. The maximum Gasteiger partial charge on any atom is 0.408 e. The first kappa shape index (κ1) is 21.2. The normalized spacial score (nSPS) is 12.2. The lowest BCUT2D eigenvalue weighted by Gasteiger charge is -2.22. The Balaban J connectivity index is 2.96. The molecule has 0 aliphatic carbocycles. The smallest absolute Gasteiger partial charge is 0.408 e. The topological polar surface area (TPSA) is 128 Å². The molecule has 0 spiro atoms. The SMILES string of the molecule is CCCOc1cc(CC(NC(=O)OC(C)(C)C)C(=O)O)ccc1[N+](=O)[O-]. The van der Waals surface area contributed by atoms with Crippen molar-refractivity contribution >= 4 is 17.7 Å². The minimum Gasteiger partial charge on any atom is -0.487 e. The second kappa shape index (κ2) is 9.02. The van der Waals surface area contributed by atoms with Crippen molar-refractivity contribution in [2.24, 2.45) is 0 Å². The molecule has 1 aromatic carbocycles. The van der Waals surface area contributed by atoms with Gasteiger partial charge in [0, 0.05) is 12.5 Å². The first-order chi connectivity index (χ1) is 12.0. The van der Waals surface area contributed by atoms with Crippen LogP contribution in [0.25, 0.3) is 0 Å². The van der Waals surface area contributed by atoms with Crippen LogP contribution in [0, 0.1) is 10.1 Å². The molecule has 0 radical (unpaired) electrons. The van der Waals surface area contributed by atoms with Crippen molar-refractivity contribution in [3.05, 3.63) is 33.9 Å². The van der Waals surface area contributed by atoms with Crippen LogP contribution in [0.4, 0.5) is 10.5 Å². The Kier molecular flexibility index (Phi) is 7.36. The molecule has 0 saturated heterocycles. The van der Waals surface area contributed by atoms with Gasteiger partial charge >= 0.3 is 17.7 Å². The number of nitrogens with one attached hydrogen (secondary N) is 1. The van der Waals surface area contributed by atoms with Gasteiger partial charge in [-0.05, 0) is 38.8 Å². The molecule has 1 aromatic rings. The largest absolute Gasteiger partial charge is 0.487 e. The first-order valence-electron chi connectivity index (χ1n) is 8.16. The monoisotopic (exact) mass is 368 g/mol. The lowest BCUT2D eigenvalue weighted by atomic mass is 10.1. The van der Waals surface area contributed by atoms with Gasteiger partial charge < -0.3 is 19.9 Å². The summed E-state index contributed by atoms with van der Waals surface area (Å²) in [7, 11) is 0. The molecule has 1 atom stereocenters. The van der Waals surface area contributed by atoms with Crippen LogP contribution in [0.3, 0.4) is 0 Å². The van der Waals surface area contributed by atoms with E-state index in [1.54, 1.807) is 20.8 Å². The molecule has 26 heavy (non-hydrogen) atoms. The summed E-state index contributed by atoms with van der Waals surface area (Å²) in [6.07, 6.45) is -0.261. The van der Waals surface area contributed by atoms with E-state index in [1.807, 2.05) is 6.92 Å². The number of nitro groups is 1. The second-order valence-corrected chi connectivity index (χ2v) is 6.65. The van der Waals surface area contributed by atoms with Gasteiger partial charge in [-0.2, -0.15) is 0 Å². The van der Waals surface area contributed by atoms with E-state index in [0.717, 1.165) is 0 Å².